The molecule has 0 bridgehead atoms. The summed E-state index contributed by atoms with van der Waals surface area (Å²) in [6, 6.07) is 28.5. The van der Waals surface area contributed by atoms with Crippen LogP contribution in [-0.2, 0) is 28.9 Å². The minimum Gasteiger partial charge on any atom is -0.444 e. The standard InChI is InChI=1S/C31H38N2O4/c1-31(2,3)37-30(36)33-27(20-24-15-9-5-10-16-24)28(34)21-26(19-23-13-7-4-8-14-23)29(35)32-22-25-17-11-6-12-18-25/h4-18,26-28,34H,19-22H2,1-3H3,(H,32,35)(H,33,36)/t26-,27+,28+/m1/s1. The highest BCUT2D eigenvalue weighted by Crippen LogP contribution is 2.19. The summed E-state index contributed by atoms with van der Waals surface area (Å²) in [6.45, 7) is 5.79. The van der Waals surface area contributed by atoms with Crippen LogP contribution in [0.1, 0.15) is 43.9 Å². The number of carbonyl (C=O) groups is 2. The summed E-state index contributed by atoms with van der Waals surface area (Å²) in [5, 5.41) is 17.2. The van der Waals surface area contributed by atoms with Crippen LogP contribution in [0.3, 0.4) is 0 Å². The van der Waals surface area contributed by atoms with Crippen molar-refractivity contribution in [3.63, 3.8) is 0 Å². The maximum absolute atomic E-state index is 13.3. The van der Waals surface area contributed by atoms with Crippen LogP contribution < -0.4 is 10.6 Å². The second-order valence-electron chi connectivity index (χ2n) is 10.3. The number of aliphatic hydroxyl groups excluding tert-OH is 1. The van der Waals surface area contributed by atoms with E-state index in [9.17, 15) is 14.7 Å². The third-order valence-electron chi connectivity index (χ3n) is 6.00. The molecule has 0 unspecified atom stereocenters. The van der Waals surface area contributed by atoms with E-state index in [4.69, 9.17) is 4.74 Å². The molecule has 0 saturated heterocycles. The molecule has 0 fully saturated rings. The summed E-state index contributed by atoms with van der Waals surface area (Å²) >= 11 is 0. The summed E-state index contributed by atoms with van der Waals surface area (Å²) in [5.74, 6) is -0.623. The Morgan fingerprint density at radius 2 is 1.27 bits per heavy atom. The minimum atomic E-state index is -0.969. The van der Waals surface area contributed by atoms with Gasteiger partial charge in [0.1, 0.15) is 5.60 Å². The molecule has 37 heavy (non-hydrogen) atoms. The number of aliphatic hydroxyl groups is 1. The molecule has 196 valence electrons. The van der Waals surface area contributed by atoms with Gasteiger partial charge in [0.05, 0.1) is 12.1 Å². The Kier molecular flexibility index (Phi) is 10.3. The van der Waals surface area contributed by atoms with Crippen LogP contribution in [0.4, 0.5) is 4.79 Å². The Morgan fingerprint density at radius 3 is 1.78 bits per heavy atom. The van der Waals surface area contributed by atoms with Crippen molar-refractivity contribution in [1.29, 1.82) is 0 Å². The molecular formula is C31H38N2O4. The predicted octanol–water partition coefficient (Wildman–Crippen LogP) is 5.05. The number of amides is 2. The molecule has 0 heterocycles. The van der Waals surface area contributed by atoms with Gasteiger partial charge >= 0.3 is 6.09 Å². The second-order valence-corrected chi connectivity index (χ2v) is 10.3. The van der Waals surface area contributed by atoms with E-state index >= 15 is 0 Å². The molecule has 0 aromatic heterocycles. The first-order valence-electron chi connectivity index (χ1n) is 12.8. The first-order valence-corrected chi connectivity index (χ1v) is 12.8. The fourth-order valence-electron chi connectivity index (χ4n) is 4.18. The molecule has 3 rings (SSSR count). The Labute approximate surface area is 220 Å². The van der Waals surface area contributed by atoms with Gasteiger partial charge in [-0.05, 0) is 56.7 Å². The van der Waals surface area contributed by atoms with Gasteiger partial charge in [-0.3, -0.25) is 4.79 Å². The number of ether oxygens (including phenoxy) is 1. The zero-order chi connectivity index (χ0) is 26.7. The molecular weight excluding hydrogens is 464 g/mol. The lowest BCUT2D eigenvalue weighted by Crippen LogP contribution is -2.48. The predicted molar refractivity (Wildman–Crippen MR) is 146 cm³/mol. The van der Waals surface area contributed by atoms with Gasteiger partial charge in [0.2, 0.25) is 5.91 Å². The lowest BCUT2D eigenvalue weighted by molar-refractivity contribution is -0.126. The Bertz CT molecular complexity index is 1100. The average molecular weight is 503 g/mol. The number of nitrogens with one attached hydrogen (secondary N) is 2. The van der Waals surface area contributed by atoms with Crippen LogP contribution in [-0.4, -0.2) is 34.9 Å². The number of benzene rings is 3. The zero-order valence-electron chi connectivity index (χ0n) is 21.9. The number of carbonyl (C=O) groups excluding carboxylic acids is 2. The number of hydrogen-bond donors (Lipinski definition) is 3. The van der Waals surface area contributed by atoms with Crippen LogP contribution in [0.25, 0.3) is 0 Å². The van der Waals surface area contributed by atoms with Crippen LogP contribution in [0.15, 0.2) is 91.0 Å². The van der Waals surface area contributed by atoms with Crippen molar-refractivity contribution in [2.75, 3.05) is 0 Å². The van der Waals surface area contributed by atoms with Gasteiger partial charge in [-0.25, -0.2) is 4.79 Å². The topological polar surface area (TPSA) is 87.7 Å². The van der Waals surface area contributed by atoms with Gasteiger partial charge in [0.25, 0.3) is 0 Å². The van der Waals surface area contributed by atoms with Crippen LogP contribution in [0.2, 0.25) is 0 Å². The van der Waals surface area contributed by atoms with Gasteiger partial charge in [-0.15, -0.1) is 0 Å². The number of rotatable bonds is 11. The third kappa shape index (κ3) is 10.1. The maximum Gasteiger partial charge on any atom is 0.407 e. The van der Waals surface area contributed by atoms with Gasteiger partial charge in [0.15, 0.2) is 0 Å². The lowest BCUT2D eigenvalue weighted by Gasteiger charge is -2.29. The first kappa shape index (κ1) is 27.9. The minimum absolute atomic E-state index is 0.137. The summed E-state index contributed by atoms with van der Waals surface area (Å²) in [7, 11) is 0. The molecule has 0 aliphatic carbocycles. The number of hydrogen-bond acceptors (Lipinski definition) is 4. The SMILES string of the molecule is CC(C)(C)OC(=O)N[C@@H](Cc1ccccc1)[C@@H](O)C[C@@H](Cc1ccccc1)C(=O)NCc1ccccc1. The molecule has 0 spiro atoms. The molecule has 0 saturated carbocycles. The Hall–Kier alpha value is -3.64. The van der Waals surface area contributed by atoms with Gasteiger partial charge in [-0.2, -0.15) is 0 Å². The molecule has 0 aliphatic heterocycles. The molecule has 0 aliphatic rings. The molecule has 2 amide bonds. The van der Waals surface area contributed by atoms with Crippen molar-refractivity contribution in [3.8, 4) is 0 Å². The largest absolute Gasteiger partial charge is 0.444 e. The van der Waals surface area contributed by atoms with E-state index in [2.05, 4.69) is 10.6 Å². The van der Waals surface area contributed by atoms with Crippen molar-refractivity contribution in [2.45, 2.75) is 64.3 Å². The monoisotopic (exact) mass is 502 g/mol. The molecule has 6 heteroatoms. The van der Waals surface area contributed by atoms with Crippen molar-refractivity contribution < 1.29 is 19.4 Å². The zero-order valence-corrected chi connectivity index (χ0v) is 21.9. The highest BCUT2D eigenvalue weighted by molar-refractivity contribution is 5.79. The van der Waals surface area contributed by atoms with E-state index in [1.807, 2.05) is 91.0 Å². The smallest absolute Gasteiger partial charge is 0.407 e. The molecule has 3 atom stereocenters. The van der Waals surface area contributed by atoms with E-state index in [1.54, 1.807) is 20.8 Å². The maximum atomic E-state index is 13.3. The highest BCUT2D eigenvalue weighted by Gasteiger charge is 2.30. The Balaban J connectivity index is 1.76. The van der Waals surface area contributed by atoms with Crippen LogP contribution in [0.5, 0.6) is 0 Å². The van der Waals surface area contributed by atoms with Crippen molar-refractivity contribution in [1.82, 2.24) is 10.6 Å². The van der Waals surface area contributed by atoms with Gasteiger partial charge in [0, 0.05) is 12.5 Å². The first-order chi connectivity index (χ1) is 17.7. The van der Waals surface area contributed by atoms with E-state index in [0.29, 0.717) is 19.4 Å². The van der Waals surface area contributed by atoms with Gasteiger partial charge < -0.3 is 20.5 Å². The molecule has 3 aromatic rings. The van der Waals surface area contributed by atoms with E-state index < -0.39 is 29.8 Å². The number of alkyl carbamates (subject to hydrolysis) is 1. The fraction of sp³-hybridized carbons (Fsp3) is 0.355. The fourth-order valence-corrected chi connectivity index (χ4v) is 4.18. The van der Waals surface area contributed by atoms with Crippen molar-refractivity contribution in [3.05, 3.63) is 108 Å². The van der Waals surface area contributed by atoms with Gasteiger partial charge in [-0.1, -0.05) is 91.0 Å². The van der Waals surface area contributed by atoms with Crippen molar-refractivity contribution in [2.24, 2.45) is 5.92 Å². The average Bonchev–Trinajstić information content (AvgIpc) is 2.87. The molecule has 3 N–H and O–H groups in total. The van der Waals surface area contributed by atoms with Crippen LogP contribution in [0, 0.1) is 5.92 Å². The molecule has 3 aromatic carbocycles. The van der Waals surface area contributed by atoms with Crippen LogP contribution >= 0.6 is 0 Å². The summed E-state index contributed by atoms with van der Waals surface area (Å²) in [5.41, 5.74) is 2.31. The summed E-state index contributed by atoms with van der Waals surface area (Å²) in [4.78, 5) is 25.9. The summed E-state index contributed by atoms with van der Waals surface area (Å²) < 4.78 is 5.45. The lowest BCUT2D eigenvalue weighted by atomic mass is 9.88. The third-order valence-corrected chi connectivity index (χ3v) is 6.00. The highest BCUT2D eigenvalue weighted by atomic mass is 16.6. The van der Waals surface area contributed by atoms with E-state index in [0.717, 1.165) is 16.7 Å². The Morgan fingerprint density at radius 1 is 0.784 bits per heavy atom. The molecule has 6 nitrogen and oxygen atoms in total. The van der Waals surface area contributed by atoms with Crippen molar-refractivity contribution >= 4 is 12.0 Å². The normalized spacial score (nSPS) is 13.7. The quantitative estimate of drug-likeness (QED) is 0.342. The second kappa shape index (κ2) is 13.6. The van der Waals surface area contributed by atoms with E-state index in [1.165, 1.54) is 0 Å². The summed E-state index contributed by atoms with van der Waals surface area (Å²) in [6.07, 6.45) is -0.499. The van der Waals surface area contributed by atoms with E-state index in [-0.39, 0.29) is 12.3 Å². The molecule has 0 radical (unpaired) electrons.